The van der Waals surface area contributed by atoms with Gasteiger partial charge in [-0.2, -0.15) is 0 Å². The molecule has 1 aliphatic rings. The van der Waals surface area contributed by atoms with Crippen molar-refractivity contribution in [2.75, 3.05) is 31.7 Å². The maximum atomic E-state index is 13.9. The van der Waals surface area contributed by atoms with Gasteiger partial charge in [0.2, 0.25) is 0 Å². The van der Waals surface area contributed by atoms with Gasteiger partial charge in [0.25, 0.3) is 0 Å². The molecule has 5 nitrogen and oxygen atoms in total. The summed E-state index contributed by atoms with van der Waals surface area (Å²) in [7, 11) is 0. The first-order valence-electron chi connectivity index (χ1n) is 5.74. The molecule has 2 rings (SSSR count). The van der Waals surface area contributed by atoms with Crippen molar-refractivity contribution in [1.82, 2.24) is 0 Å². The molecule has 1 saturated heterocycles. The van der Waals surface area contributed by atoms with Crippen molar-refractivity contribution < 1.29 is 23.8 Å². The first-order chi connectivity index (χ1) is 9.09. The molecule has 1 aromatic carbocycles. The Labute approximate surface area is 117 Å². The lowest BCUT2D eigenvalue weighted by atomic mass is 10.2. The fourth-order valence-electron chi connectivity index (χ4n) is 1.73. The molecule has 0 aliphatic carbocycles. The van der Waals surface area contributed by atoms with E-state index >= 15 is 0 Å². The number of hydrogen-bond acceptors (Lipinski definition) is 4. The molecule has 104 valence electrons. The molecule has 2 N–H and O–H groups in total. The second-order valence-electron chi connectivity index (χ2n) is 4.04. The molecule has 1 atom stereocenters. The van der Waals surface area contributed by atoms with Crippen LogP contribution in [-0.4, -0.2) is 43.5 Å². The zero-order chi connectivity index (χ0) is 13.8. The monoisotopic (exact) mass is 333 g/mol. The topological polar surface area (TPSA) is 67.8 Å². The third kappa shape index (κ3) is 3.43. The number of carbonyl (C=O) groups is 1. The third-order valence-electron chi connectivity index (χ3n) is 2.72. The number of nitrogens with one attached hydrogen (secondary N) is 1. The summed E-state index contributed by atoms with van der Waals surface area (Å²) in [4.78, 5) is 10.8. The number of ether oxygens (including phenoxy) is 2. The van der Waals surface area contributed by atoms with Crippen LogP contribution < -0.4 is 5.32 Å². The molecule has 0 amide bonds. The molecule has 0 saturated carbocycles. The van der Waals surface area contributed by atoms with Gasteiger partial charge in [-0.25, -0.2) is 9.18 Å². The molecule has 19 heavy (non-hydrogen) atoms. The zero-order valence-electron chi connectivity index (χ0n) is 9.99. The van der Waals surface area contributed by atoms with Crippen LogP contribution in [0.25, 0.3) is 0 Å². The number of anilines is 1. The number of hydrogen-bond donors (Lipinski definition) is 2. The standard InChI is InChI=1S/C12H13BrFNO4/c13-10-8(12(16)17)1-2-9(11(10)14)15-5-7-6-18-3-4-19-7/h1-2,7,15H,3-6H2,(H,16,17). The predicted octanol–water partition coefficient (Wildman–Crippen LogP) is 2.11. The van der Waals surface area contributed by atoms with Crippen LogP contribution in [0.1, 0.15) is 10.4 Å². The van der Waals surface area contributed by atoms with Crippen LogP contribution in [0.2, 0.25) is 0 Å². The van der Waals surface area contributed by atoms with E-state index in [1.807, 2.05) is 0 Å². The molecular formula is C12H13BrFNO4. The summed E-state index contributed by atoms with van der Waals surface area (Å²) >= 11 is 2.95. The van der Waals surface area contributed by atoms with E-state index in [1.165, 1.54) is 12.1 Å². The van der Waals surface area contributed by atoms with E-state index in [9.17, 15) is 9.18 Å². The molecule has 0 bridgehead atoms. The van der Waals surface area contributed by atoms with Crippen molar-refractivity contribution in [3.05, 3.63) is 28.0 Å². The largest absolute Gasteiger partial charge is 0.478 e. The smallest absolute Gasteiger partial charge is 0.336 e. The van der Waals surface area contributed by atoms with Crippen molar-refractivity contribution in [2.24, 2.45) is 0 Å². The van der Waals surface area contributed by atoms with Gasteiger partial charge in [-0.15, -0.1) is 0 Å². The Kier molecular flexibility index (Phi) is 4.73. The first-order valence-corrected chi connectivity index (χ1v) is 6.53. The average Bonchev–Trinajstić information content (AvgIpc) is 2.41. The average molecular weight is 334 g/mol. The molecular weight excluding hydrogens is 321 g/mol. The number of rotatable bonds is 4. The van der Waals surface area contributed by atoms with Crippen LogP contribution in [0.15, 0.2) is 16.6 Å². The lowest BCUT2D eigenvalue weighted by Gasteiger charge is -2.23. The van der Waals surface area contributed by atoms with Crippen molar-refractivity contribution in [3.63, 3.8) is 0 Å². The molecule has 1 aliphatic heterocycles. The number of carboxylic acids is 1. The van der Waals surface area contributed by atoms with E-state index < -0.39 is 11.8 Å². The zero-order valence-corrected chi connectivity index (χ0v) is 11.6. The van der Waals surface area contributed by atoms with Crippen molar-refractivity contribution >= 4 is 27.6 Å². The molecule has 1 aromatic rings. The number of aromatic carboxylic acids is 1. The third-order valence-corrected chi connectivity index (χ3v) is 3.49. The van der Waals surface area contributed by atoms with E-state index in [0.717, 1.165) is 0 Å². The minimum Gasteiger partial charge on any atom is -0.478 e. The predicted molar refractivity (Wildman–Crippen MR) is 70.1 cm³/mol. The van der Waals surface area contributed by atoms with E-state index in [-0.39, 0.29) is 21.8 Å². The minimum atomic E-state index is -1.18. The number of carboxylic acid groups (broad SMARTS) is 1. The van der Waals surface area contributed by atoms with Gasteiger partial charge in [0, 0.05) is 6.54 Å². The number of halogens is 2. The summed E-state index contributed by atoms with van der Waals surface area (Å²) in [6.45, 7) is 1.96. The van der Waals surface area contributed by atoms with Gasteiger partial charge in [0.05, 0.1) is 41.6 Å². The van der Waals surface area contributed by atoms with Gasteiger partial charge >= 0.3 is 5.97 Å². The van der Waals surface area contributed by atoms with E-state index in [1.54, 1.807) is 0 Å². The normalized spacial score (nSPS) is 19.2. The van der Waals surface area contributed by atoms with Crippen LogP contribution in [-0.2, 0) is 9.47 Å². The summed E-state index contributed by atoms with van der Waals surface area (Å²) in [5.74, 6) is -1.81. The van der Waals surface area contributed by atoms with Crippen LogP contribution in [0.5, 0.6) is 0 Å². The Morgan fingerprint density at radius 1 is 1.53 bits per heavy atom. The first kappa shape index (κ1) is 14.2. The Bertz CT molecular complexity index is 477. The quantitative estimate of drug-likeness (QED) is 0.883. The maximum Gasteiger partial charge on any atom is 0.336 e. The summed E-state index contributed by atoms with van der Waals surface area (Å²) in [6, 6.07) is 2.74. The van der Waals surface area contributed by atoms with Crippen molar-refractivity contribution in [3.8, 4) is 0 Å². The summed E-state index contributed by atoms with van der Waals surface area (Å²) in [6.07, 6.45) is -0.133. The molecule has 0 spiro atoms. The van der Waals surface area contributed by atoms with Gasteiger partial charge in [-0.1, -0.05) is 0 Å². The highest BCUT2D eigenvalue weighted by molar-refractivity contribution is 9.10. The van der Waals surface area contributed by atoms with Crippen LogP contribution >= 0.6 is 15.9 Å². The Morgan fingerprint density at radius 3 is 2.95 bits per heavy atom. The summed E-state index contributed by atoms with van der Waals surface area (Å²) < 4.78 is 24.5. The van der Waals surface area contributed by atoms with Gasteiger partial charge in [0.15, 0.2) is 5.82 Å². The minimum absolute atomic E-state index is 0.0641. The van der Waals surface area contributed by atoms with Crippen LogP contribution in [0.3, 0.4) is 0 Å². The summed E-state index contributed by atoms with van der Waals surface area (Å²) in [5, 5.41) is 11.7. The molecule has 7 heteroatoms. The van der Waals surface area contributed by atoms with Crippen LogP contribution in [0.4, 0.5) is 10.1 Å². The van der Waals surface area contributed by atoms with Crippen molar-refractivity contribution in [1.29, 1.82) is 0 Å². The molecule has 1 fully saturated rings. The van der Waals surface area contributed by atoms with E-state index in [0.29, 0.717) is 26.4 Å². The molecule has 0 radical (unpaired) electrons. The van der Waals surface area contributed by atoms with Crippen molar-refractivity contribution in [2.45, 2.75) is 6.10 Å². The molecule has 1 heterocycles. The highest BCUT2D eigenvalue weighted by Crippen LogP contribution is 2.27. The Morgan fingerprint density at radius 2 is 2.32 bits per heavy atom. The van der Waals surface area contributed by atoms with Gasteiger partial charge in [0.1, 0.15) is 0 Å². The van der Waals surface area contributed by atoms with Gasteiger partial charge < -0.3 is 19.9 Å². The molecule has 0 aromatic heterocycles. The fourth-order valence-corrected chi connectivity index (χ4v) is 2.24. The Balaban J connectivity index is 2.04. The lowest BCUT2D eigenvalue weighted by Crippen LogP contribution is -2.34. The highest BCUT2D eigenvalue weighted by Gasteiger charge is 2.18. The molecule has 1 unspecified atom stereocenters. The number of benzene rings is 1. The van der Waals surface area contributed by atoms with Crippen LogP contribution in [0, 0.1) is 5.82 Å². The summed E-state index contributed by atoms with van der Waals surface area (Å²) in [5.41, 5.74) is 0.117. The lowest BCUT2D eigenvalue weighted by molar-refractivity contribution is -0.0819. The van der Waals surface area contributed by atoms with E-state index in [2.05, 4.69) is 21.2 Å². The fraction of sp³-hybridized carbons (Fsp3) is 0.417. The SMILES string of the molecule is O=C(O)c1ccc(NCC2COCCO2)c(F)c1Br. The highest BCUT2D eigenvalue weighted by atomic mass is 79.9. The second kappa shape index (κ2) is 6.31. The van der Waals surface area contributed by atoms with E-state index in [4.69, 9.17) is 14.6 Å². The second-order valence-corrected chi connectivity index (χ2v) is 4.84. The van der Waals surface area contributed by atoms with Gasteiger partial charge in [-0.05, 0) is 28.1 Å². The van der Waals surface area contributed by atoms with Gasteiger partial charge in [-0.3, -0.25) is 0 Å². The maximum absolute atomic E-state index is 13.9. The Hall–Kier alpha value is -1.18.